The van der Waals surface area contributed by atoms with Crippen molar-refractivity contribution in [3.05, 3.63) is 59.2 Å². The third-order valence-electron chi connectivity index (χ3n) is 5.78. The highest BCUT2D eigenvalue weighted by atomic mass is 16.6. The van der Waals surface area contributed by atoms with Crippen LogP contribution >= 0.6 is 0 Å². The molecule has 2 aliphatic heterocycles. The standard InChI is InChI=1S/C24H30N2O3/c1-17-4-3-11-26(15-17)16-19-5-7-20(8-6-19)24(27)25-18(2)21-9-10-22-23(14-21)29-13-12-28-22/h5-10,14,17-18H,3-4,11-13,15-16H2,1-2H3,(H,25,27)/t17-,18+/m0/s1. The molecule has 0 radical (unpaired) electrons. The summed E-state index contributed by atoms with van der Waals surface area (Å²) in [6.07, 6.45) is 2.61. The van der Waals surface area contributed by atoms with Crippen molar-refractivity contribution >= 4 is 5.91 Å². The Morgan fingerprint density at radius 2 is 1.90 bits per heavy atom. The molecule has 5 nitrogen and oxygen atoms in total. The number of nitrogens with one attached hydrogen (secondary N) is 1. The Labute approximate surface area is 173 Å². The lowest BCUT2D eigenvalue weighted by molar-refractivity contribution is 0.0939. The molecule has 2 atom stereocenters. The first-order valence-corrected chi connectivity index (χ1v) is 10.6. The fraction of sp³-hybridized carbons (Fsp3) is 0.458. The van der Waals surface area contributed by atoms with Gasteiger partial charge in [0.25, 0.3) is 5.91 Å². The predicted octanol–water partition coefficient (Wildman–Crippen LogP) is 4.18. The SMILES string of the molecule is C[C@H]1CCCN(Cc2ccc(C(=O)N[C@H](C)c3ccc4c(c3)OCCO4)cc2)C1. The van der Waals surface area contributed by atoms with Crippen molar-refractivity contribution in [2.45, 2.75) is 39.3 Å². The fourth-order valence-corrected chi connectivity index (χ4v) is 4.14. The molecule has 1 saturated heterocycles. The lowest BCUT2D eigenvalue weighted by Crippen LogP contribution is -2.33. The van der Waals surface area contributed by atoms with E-state index in [-0.39, 0.29) is 11.9 Å². The third-order valence-corrected chi connectivity index (χ3v) is 5.78. The molecule has 29 heavy (non-hydrogen) atoms. The Hall–Kier alpha value is -2.53. The van der Waals surface area contributed by atoms with Crippen LogP contribution in [-0.4, -0.2) is 37.1 Å². The molecule has 2 aromatic rings. The van der Waals surface area contributed by atoms with Crippen molar-refractivity contribution in [2.75, 3.05) is 26.3 Å². The van der Waals surface area contributed by atoms with Gasteiger partial charge in [-0.25, -0.2) is 0 Å². The summed E-state index contributed by atoms with van der Waals surface area (Å²) in [4.78, 5) is 15.2. The van der Waals surface area contributed by atoms with Gasteiger partial charge in [0.2, 0.25) is 0 Å². The van der Waals surface area contributed by atoms with Crippen molar-refractivity contribution in [2.24, 2.45) is 5.92 Å². The Bertz CT molecular complexity index is 850. The number of likely N-dealkylation sites (tertiary alicyclic amines) is 1. The summed E-state index contributed by atoms with van der Waals surface area (Å²) in [7, 11) is 0. The Kier molecular flexibility index (Phi) is 6.05. The number of piperidine rings is 1. The van der Waals surface area contributed by atoms with Gasteiger partial charge in [0.05, 0.1) is 6.04 Å². The maximum atomic E-state index is 12.7. The van der Waals surface area contributed by atoms with E-state index in [0.717, 1.165) is 36.1 Å². The van der Waals surface area contributed by atoms with Crippen LogP contribution in [0.4, 0.5) is 0 Å². The van der Waals surface area contributed by atoms with E-state index in [1.54, 1.807) is 0 Å². The average molecular weight is 395 g/mol. The van der Waals surface area contributed by atoms with E-state index in [2.05, 4.69) is 29.3 Å². The topological polar surface area (TPSA) is 50.8 Å². The summed E-state index contributed by atoms with van der Waals surface area (Å²) in [6, 6.07) is 13.7. The highest BCUT2D eigenvalue weighted by Crippen LogP contribution is 2.32. The number of ether oxygens (including phenoxy) is 2. The van der Waals surface area contributed by atoms with Gasteiger partial charge in [0.1, 0.15) is 13.2 Å². The molecular formula is C24H30N2O3. The highest BCUT2D eigenvalue weighted by molar-refractivity contribution is 5.94. The summed E-state index contributed by atoms with van der Waals surface area (Å²) in [6.45, 7) is 8.72. The largest absolute Gasteiger partial charge is 0.486 e. The second kappa shape index (κ2) is 8.87. The van der Waals surface area contributed by atoms with Crippen LogP contribution in [0.5, 0.6) is 11.5 Å². The minimum absolute atomic E-state index is 0.0643. The number of fused-ring (bicyclic) bond motifs is 1. The summed E-state index contributed by atoms with van der Waals surface area (Å²) in [5.74, 6) is 2.21. The summed E-state index contributed by atoms with van der Waals surface area (Å²) in [5, 5.41) is 3.08. The van der Waals surface area contributed by atoms with Crippen LogP contribution in [0.25, 0.3) is 0 Å². The predicted molar refractivity (Wildman–Crippen MR) is 113 cm³/mol. The molecule has 154 valence electrons. The van der Waals surface area contributed by atoms with Crippen molar-refractivity contribution in [1.82, 2.24) is 10.2 Å². The molecule has 0 aromatic heterocycles. The molecule has 4 rings (SSSR count). The first kappa shape index (κ1) is 19.8. The van der Waals surface area contributed by atoms with Gasteiger partial charge in [0, 0.05) is 18.7 Å². The number of carbonyl (C=O) groups excluding carboxylic acids is 1. The van der Waals surface area contributed by atoms with Gasteiger partial charge in [-0.05, 0) is 67.6 Å². The molecule has 0 saturated carbocycles. The van der Waals surface area contributed by atoms with Crippen LogP contribution < -0.4 is 14.8 Å². The van der Waals surface area contributed by atoms with Crippen molar-refractivity contribution in [3.8, 4) is 11.5 Å². The fourth-order valence-electron chi connectivity index (χ4n) is 4.14. The van der Waals surface area contributed by atoms with Crippen molar-refractivity contribution in [1.29, 1.82) is 0 Å². The molecule has 2 heterocycles. The van der Waals surface area contributed by atoms with Crippen LogP contribution in [0, 0.1) is 5.92 Å². The van der Waals surface area contributed by atoms with Crippen LogP contribution in [0.1, 0.15) is 54.2 Å². The summed E-state index contributed by atoms with van der Waals surface area (Å²) < 4.78 is 11.2. The first-order chi connectivity index (χ1) is 14.1. The number of amides is 1. The second-order valence-electron chi connectivity index (χ2n) is 8.28. The molecule has 1 amide bonds. The van der Waals surface area contributed by atoms with E-state index in [1.165, 1.54) is 24.9 Å². The molecule has 0 unspecified atom stereocenters. The quantitative estimate of drug-likeness (QED) is 0.827. The molecule has 5 heteroatoms. The smallest absolute Gasteiger partial charge is 0.251 e. The molecule has 0 bridgehead atoms. The van der Waals surface area contributed by atoms with Gasteiger partial charge >= 0.3 is 0 Å². The number of hydrogen-bond acceptors (Lipinski definition) is 4. The van der Waals surface area contributed by atoms with E-state index in [1.807, 2.05) is 37.3 Å². The number of hydrogen-bond donors (Lipinski definition) is 1. The number of carbonyl (C=O) groups is 1. The van der Waals surface area contributed by atoms with Gasteiger partial charge in [-0.2, -0.15) is 0 Å². The normalized spacial score (nSPS) is 20.1. The van der Waals surface area contributed by atoms with Crippen LogP contribution in [-0.2, 0) is 6.54 Å². The molecule has 0 spiro atoms. The zero-order valence-corrected chi connectivity index (χ0v) is 17.3. The van der Waals surface area contributed by atoms with E-state index in [9.17, 15) is 4.79 Å². The molecule has 0 aliphatic carbocycles. The monoisotopic (exact) mass is 394 g/mol. The zero-order valence-electron chi connectivity index (χ0n) is 17.3. The maximum Gasteiger partial charge on any atom is 0.251 e. The third kappa shape index (κ3) is 4.91. The van der Waals surface area contributed by atoms with E-state index in [0.29, 0.717) is 18.8 Å². The Morgan fingerprint density at radius 3 is 2.66 bits per heavy atom. The lowest BCUT2D eigenvalue weighted by Gasteiger charge is -2.30. The molecule has 2 aromatic carbocycles. The van der Waals surface area contributed by atoms with E-state index >= 15 is 0 Å². The Balaban J connectivity index is 1.35. The second-order valence-corrected chi connectivity index (χ2v) is 8.28. The molecule has 2 aliphatic rings. The first-order valence-electron chi connectivity index (χ1n) is 10.6. The molecule has 1 fully saturated rings. The van der Waals surface area contributed by atoms with Gasteiger partial charge in [0.15, 0.2) is 11.5 Å². The summed E-state index contributed by atoms with van der Waals surface area (Å²) >= 11 is 0. The van der Waals surface area contributed by atoms with Gasteiger partial charge in [-0.1, -0.05) is 25.1 Å². The summed E-state index contributed by atoms with van der Waals surface area (Å²) in [5.41, 5.74) is 2.94. The molecular weight excluding hydrogens is 364 g/mol. The van der Waals surface area contributed by atoms with Crippen molar-refractivity contribution < 1.29 is 14.3 Å². The number of benzene rings is 2. The maximum absolute atomic E-state index is 12.7. The number of nitrogens with zero attached hydrogens (tertiary/aromatic N) is 1. The van der Waals surface area contributed by atoms with Crippen LogP contribution in [0.2, 0.25) is 0 Å². The highest BCUT2D eigenvalue weighted by Gasteiger charge is 2.18. The van der Waals surface area contributed by atoms with E-state index < -0.39 is 0 Å². The van der Waals surface area contributed by atoms with Crippen LogP contribution in [0.15, 0.2) is 42.5 Å². The zero-order chi connectivity index (χ0) is 20.2. The van der Waals surface area contributed by atoms with E-state index in [4.69, 9.17) is 9.47 Å². The van der Waals surface area contributed by atoms with Gasteiger partial charge in [-0.15, -0.1) is 0 Å². The van der Waals surface area contributed by atoms with Gasteiger partial charge < -0.3 is 14.8 Å². The van der Waals surface area contributed by atoms with Crippen molar-refractivity contribution in [3.63, 3.8) is 0 Å². The van der Waals surface area contributed by atoms with Gasteiger partial charge in [-0.3, -0.25) is 9.69 Å². The minimum atomic E-state index is -0.118. The number of rotatable bonds is 5. The molecule has 1 N–H and O–H groups in total. The average Bonchev–Trinajstić information content (AvgIpc) is 2.74. The lowest BCUT2D eigenvalue weighted by atomic mass is 9.99. The Morgan fingerprint density at radius 1 is 1.14 bits per heavy atom. The van der Waals surface area contributed by atoms with Crippen LogP contribution in [0.3, 0.4) is 0 Å². The minimum Gasteiger partial charge on any atom is -0.486 e.